The number of rotatable bonds is 1. The van der Waals surface area contributed by atoms with Crippen LogP contribution in [0.15, 0.2) is 36.4 Å². The van der Waals surface area contributed by atoms with Crippen LogP contribution in [0.3, 0.4) is 0 Å². The summed E-state index contributed by atoms with van der Waals surface area (Å²) >= 11 is 5.85. The predicted molar refractivity (Wildman–Crippen MR) is 70.4 cm³/mol. The number of Topliss-reactive ketones (excluding diaryl/α,β-unsaturated/α-hetero) is 1. The van der Waals surface area contributed by atoms with Crippen LogP contribution in [-0.4, -0.2) is 28.5 Å². The zero-order chi connectivity index (χ0) is 13.2. The molecule has 0 amide bonds. The largest absolute Gasteiger partial charge is 0.489 e. The number of ketones is 1. The van der Waals surface area contributed by atoms with Gasteiger partial charge >= 0.3 is 0 Å². The van der Waals surface area contributed by atoms with Gasteiger partial charge in [0, 0.05) is 17.4 Å². The average Bonchev–Trinajstić information content (AvgIpc) is 2.83. The van der Waals surface area contributed by atoms with Crippen molar-refractivity contribution in [3.63, 3.8) is 0 Å². The molecule has 0 unspecified atom stereocenters. The van der Waals surface area contributed by atoms with Gasteiger partial charge in [0.15, 0.2) is 5.78 Å². The minimum atomic E-state index is -1.48. The number of ether oxygens (including phenoxy) is 1. The molecule has 3 nitrogen and oxygen atoms in total. The van der Waals surface area contributed by atoms with E-state index in [1.165, 1.54) is 0 Å². The minimum Gasteiger partial charge on any atom is -0.489 e. The SMILES string of the molecule is O=C1[C@@H]2C=C[C@@H]([C@H]3Oc4ccccc4[C@H]32)[C@]1(O)CCl. The Hall–Kier alpha value is -1.32. The van der Waals surface area contributed by atoms with E-state index in [2.05, 4.69) is 0 Å². The first-order valence-corrected chi connectivity index (χ1v) is 6.97. The van der Waals surface area contributed by atoms with E-state index in [4.69, 9.17) is 16.3 Å². The van der Waals surface area contributed by atoms with Crippen LogP contribution in [-0.2, 0) is 4.79 Å². The third-order valence-electron chi connectivity index (χ3n) is 4.65. The van der Waals surface area contributed by atoms with Crippen LogP contribution < -0.4 is 4.74 Å². The molecule has 1 fully saturated rings. The molecule has 1 saturated carbocycles. The van der Waals surface area contributed by atoms with Crippen LogP contribution in [0.5, 0.6) is 5.75 Å². The van der Waals surface area contributed by atoms with Gasteiger partial charge in [-0.05, 0) is 6.07 Å². The highest BCUT2D eigenvalue weighted by molar-refractivity contribution is 6.21. The van der Waals surface area contributed by atoms with Gasteiger partial charge in [0.2, 0.25) is 0 Å². The van der Waals surface area contributed by atoms with Crippen molar-refractivity contribution < 1.29 is 14.6 Å². The summed E-state index contributed by atoms with van der Waals surface area (Å²) in [6, 6.07) is 7.79. The van der Waals surface area contributed by atoms with Crippen molar-refractivity contribution in [2.45, 2.75) is 17.6 Å². The highest BCUT2D eigenvalue weighted by Crippen LogP contribution is 2.55. The second-order valence-corrected chi connectivity index (χ2v) is 5.77. The number of carbonyl (C=O) groups is 1. The number of para-hydroxylation sites is 1. The normalized spacial score (nSPS) is 41.9. The predicted octanol–water partition coefficient (Wildman–Crippen LogP) is 1.89. The maximum absolute atomic E-state index is 12.5. The molecular formula is C15H13ClO3. The summed E-state index contributed by atoms with van der Waals surface area (Å²) in [5, 5.41) is 10.6. The average molecular weight is 277 g/mol. The van der Waals surface area contributed by atoms with Gasteiger partial charge in [-0.25, -0.2) is 0 Å². The molecule has 4 heteroatoms. The third-order valence-corrected chi connectivity index (χ3v) is 5.05. The van der Waals surface area contributed by atoms with Crippen molar-refractivity contribution in [2.24, 2.45) is 11.8 Å². The lowest BCUT2D eigenvalue weighted by Crippen LogP contribution is -2.63. The van der Waals surface area contributed by atoms with Crippen LogP contribution in [0.2, 0.25) is 0 Å². The molecule has 98 valence electrons. The summed E-state index contributed by atoms with van der Waals surface area (Å²) < 4.78 is 5.97. The fourth-order valence-corrected chi connectivity index (χ4v) is 4.02. The fourth-order valence-electron chi connectivity index (χ4n) is 3.71. The van der Waals surface area contributed by atoms with Gasteiger partial charge in [-0.3, -0.25) is 4.79 Å². The van der Waals surface area contributed by atoms with E-state index < -0.39 is 5.60 Å². The van der Waals surface area contributed by atoms with E-state index in [0.717, 1.165) is 11.3 Å². The number of alkyl halides is 1. The summed E-state index contributed by atoms with van der Waals surface area (Å²) in [7, 11) is 0. The smallest absolute Gasteiger partial charge is 0.173 e. The van der Waals surface area contributed by atoms with Crippen LogP contribution in [0.4, 0.5) is 0 Å². The molecule has 19 heavy (non-hydrogen) atoms. The molecule has 1 heterocycles. The Balaban J connectivity index is 1.87. The molecule has 0 aromatic heterocycles. The van der Waals surface area contributed by atoms with Gasteiger partial charge in [-0.2, -0.15) is 0 Å². The Labute approximate surface area is 115 Å². The monoisotopic (exact) mass is 276 g/mol. The van der Waals surface area contributed by atoms with Gasteiger partial charge in [0.25, 0.3) is 0 Å². The number of hydrogen-bond acceptors (Lipinski definition) is 3. The third kappa shape index (κ3) is 1.25. The van der Waals surface area contributed by atoms with Gasteiger partial charge in [-0.15, -0.1) is 11.6 Å². The molecule has 1 aliphatic heterocycles. The summed E-state index contributed by atoms with van der Waals surface area (Å²) in [5.41, 5.74) is -0.415. The van der Waals surface area contributed by atoms with E-state index >= 15 is 0 Å². The highest BCUT2D eigenvalue weighted by atomic mass is 35.5. The number of benzene rings is 1. The second kappa shape index (κ2) is 3.62. The van der Waals surface area contributed by atoms with Crippen molar-refractivity contribution in [3.8, 4) is 5.75 Å². The van der Waals surface area contributed by atoms with E-state index in [-0.39, 0.29) is 35.5 Å². The van der Waals surface area contributed by atoms with E-state index in [9.17, 15) is 9.90 Å². The molecule has 0 saturated heterocycles. The quantitative estimate of drug-likeness (QED) is 0.629. The lowest BCUT2D eigenvalue weighted by molar-refractivity contribution is -0.155. The number of fused-ring (bicyclic) bond motifs is 2. The van der Waals surface area contributed by atoms with Crippen LogP contribution in [0.1, 0.15) is 11.5 Å². The molecule has 2 bridgehead atoms. The van der Waals surface area contributed by atoms with Crippen molar-refractivity contribution in [2.75, 3.05) is 5.88 Å². The Kier molecular flexibility index (Phi) is 2.19. The summed E-state index contributed by atoms with van der Waals surface area (Å²) in [6.45, 7) is 0. The van der Waals surface area contributed by atoms with Gasteiger partial charge in [-0.1, -0.05) is 30.4 Å². The van der Waals surface area contributed by atoms with E-state index in [0.29, 0.717) is 0 Å². The Bertz CT molecular complexity index is 597. The fraction of sp³-hybridized carbons (Fsp3) is 0.400. The van der Waals surface area contributed by atoms with E-state index in [1.54, 1.807) is 0 Å². The van der Waals surface area contributed by atoms with Gasteiger partial charge in [0.05, 0.1) is 11.8 Å². The number of allylic oxidation sites excluding steroid dienone is 1. The molecule has 1 N–H and O–H groups in total. The lowest BCUT2D eigenvalue weighted by Gasteiger charge is -2.48. The van der Waals surface area contributed by atoms with Crippen LogP contribution in [0.25, 0.3) is 0 Å². The highest BCUT2D eigenvalue weighted by Gasteiger charge is 2.62. The zero-order valence-corrected chi connectivity index (χ0v) is 10.9. The van der Waals surface area contributed by atoms with E-state index in [1.807, 2.05) is 36.4 Å². The Morgan fingerprint density at radius 1 is 1.32 bits per heavy atom. The van der Waals surface area contributed by atoms with Gasteiger partial charge < -0.3 is 9.84 Å². The first-order valence-electron chi connectivity index (χ1n) is 6.43. The Morgan fingerprint density at radius 2 is 2.11 bits per heavy atom. The summed E-state index contributed by atoms with van der Waals surface area (Å²) in [4.78, 5) is 12.5. The van der Waals surface area contributed by atoms with Crippen molar-refractivity contribution >= 4 is 17.4 Å². The zero-order valence-electron chi connectivity index (χ0n) is 10.1. The first kappa shape index (κ1) is 11.5. The molecule has 0 spiro atoms. The summed E-state index contributed by atoms with van der Waals surface area (Å²) in [5.74, 6) is -0.107. The molecule has 5 rings (SSSR count). The first-order chi connectivity index (χ1) is 9.16. The molecule has 1 aromatic rings. The lowest BCUT2D eigenvalue weighted by atomic mass is 9.58. The number of carbonyl (C=O) groups excluding carboxylic acids is 1. The number of aliphatic hydroxyl groups is 1. The van der Waals surface area contributed by atoms with Crippen molar-refractivity contribution in [1.29, 1.82) is 0 Å². The number of halogens is 1. The van der Waals surface area contributed by atoms with Crippen LogP contribution >= 0.6 is 11.6 Å². The molecule has 1 aromatic carbocycles. The molecule has 4 aliphatic rings. The topological polar surface area (TPSA) is 46.5 Å². The van der Waals surface area contributed by atoms with Gasteiger partial charge in [0.1, 0.15) is 17.5 Å². The number of hydrogen-bond donors (Lipinski definition) is 1. The minimum absolute atomic E-state index is 0.0159. The van der Waals surface area contributed by atoms with Crippen molar-refractivity contribution in [1.82, 2.24) is 0 Å². The molecule has 5 atom stereocenters. The molecule has 3 aliphatic carbocycles. The van der Waals surface area contributed by atoms with Crippen molar-refractivity contribution in [3.05, 3.63) is 42.0 Å². The molecule has 0 radical (unpaired) electrons. The second-order valence-electron chi connectivity index (χ2n) is 5.50. The van der Waals surface area contributed by atoms with Crippen LogP contribution in [0, 0.1) is 11.8 Å². The Morgan fingerprint density at radius 3 is 2.89 bits per heavy atom. The molecular weight excluding hydrogens is 264 g/mol. The maximum atomic E-state index is 12.5. The standard InChI is InChI=1S/C15H13ClO3/c16-7-15(18)10-6-5-9(14(15)17)12-8-3-1-2-4-11(8)19-13(10)12/h1-6,9-10,12-13,18H,7H2/t9-,10+,12+,13-,15-/m1/s1. The maximum Gasteiger partial charge on any atom is 0.173 e. The summed E-state index contributed by atoms with van der Waals surface area (Å²) in [6.07, 6.45) is 3.61.